The normalized spacial score (nSPS) is 19.8. The summed E-state index contributed by atoms with van der Waals surface area (Å²) in [6.45, 7) is 0.411. The van der Waals surface area contributed by atoms with Crippen molar-refractivity contribution in [3.63, 3.8) is 0 Å². The van der Waals surface area contributed by atoms with Crippen LogP contribution in [0.4, 0.5) is 10.7 Å². The zero-order valence-corrected chi connectivity index (χ0v) is 17.6. The van der Waals surface area contributed by atoms with Crippen LogP contribution in [-0.2, 0) is 11.3 Å². The molecule has 3 amide bonds. The zero-order valence-electron chi connectivity index (χ0n) is 16.8. The lowest BCUT2D eigenvalue weighted by molar-refractivity contribution is -0.124. The average Bonchev–Trinajstić information content (AvgIpc) is 3.33. The fourth-order valence-corrected chi connectivity index (χ4v) is 4.22. The second-order valence-electron chi connectivity index (χ2n) is 7.44. The van der Waals surface area contributed by atoms with Gasteiger partial charge in [0.2, 0.25) is 5.95 Å². The molecule has 1 fully saturated rings. The third-order valence-electron chi connectivity index (χ3n) is 5.65. The Labute approximate surface area is 183 Å². The third kappa shape index (κ3) is 3.09. The highest BCUT2D eigenvalue weighted by molar-refractivity contribution is 6.30. The number of benzene rings is 2. The number of likely N-dealkylation sites (N-methyl/N-ethyl adjacent to an activating group) is 1. The molecule has 1 N–H and O–H groups in total. The molecule has 0 bridgehead atoms. The van der Waals surface area contributed by atoms with Gasteiger partial charge in [-0.3, -0.25) is 14.7 Å². The second-order valence-corrected chi connectivity index (χ2v) is 7.88. The number of methoxy groups -OCH3 is 1. The summed E-state index contributed by atoms with van der Waals surface area (Å²) in [5.74, 6) is 1.44. The highest BCUT2D eigenvalue weighted by Crippen LogP contribution is 2.41. The van der Waals surface area contributed by atoms with Gasteiger partial charge >= 0.3 is 6.03 Å². The highest BCUT2D eigenvalue weighted by atomic mass is 35.5. The van der Waals surface area contributed by atoms with Crippen LogP contribution in [0.1, 0.15) is 11.7 Å². The van der Waals surface area contributed by atoms with E-state index in [1.54, 1.807) is 26.3 Å². The number of anilines is 1. The van der Waals surface area contributed by atoms with Crippen LogP contribution in [0.15, 0.2) is 48.5 Å². The summed E-state index contributed by atoms with van der Waals surface area (Å²) in [7, 11) is 3.26. The molecule has 0 saturated carbocycles. The lowest BCUT2D eigenvalue weighted by atomic mass is 10.1. The van der Waals surface area contributed by atoms with Gasteiger partial charge in [0.05, 0.1) is 7.11 Å². The fraction of sp³-hybridized carbons (Fsp3) is 0.238. The fourth-order valence-electron chi connectivity index (χ4n) is 4.09. The Hall–Kier alpha value is -3.59. The predicted molar refractivity (Wildman–Crippen MR) is 114 cm³/mol. The van der Waals surface area contributed by atoms with E-state index in [9.17, 15) is 9.59 Å². The number of rotatable bonds is 4. The van der Waals surface area contributed by atoms with Gasteiger partial charge in [-0.15, -0.1) is 10.2 Å². The Morgan fingerprint density at radius 1 is 1.06 bits per heavy atom. The zero-order chi connectivity index (χ0) is 21.7. The van der Waals surface area contributed by atoms with E-state index in [-0.39, 0.29) is 5.91 Å². The number of aromatic nitrogens is 3. The number of amides is 3. The van der Waals surface area contributed by atoms with E-state index >= 15 is 0 Å². The Bertz CT molecular complexity index is 1160. The van der Waals surface area contributed by atoms with Crippen molar-refractivity contribution in [1.29, 1.82) is 0 Å². The first-order chi connectivity index (χ1) is 15.0. The van der Waals surface area contributed by atoms with Crippen LogP contribution < -0.4 is 15.0 Å². The summed E-state index contributed by atoms with van der Waals surface area (Å²) in [4.78, 5) is 28.7. The van der Waals surface area contributed by atoms with Crippen molar-refractivity contribution in [3.8, 4) is 17.1 Å². The van der Waals surface area contributed by atoms with Crippen molar-refractivity contribution in [3.05, 3.63) is 59.1 Å². The Morgan fingerprint density at radius 3 is 2.45 bits per heavy atom. The minimum absolute atomic E-state index is 0.367. The number of hydrogen-bond donors (Lipinski definition) is 1. The third-order valence-corrected chi connectivity index (χ3v) is 5.90. The Morgan fingerprint density at radius 2 is 1.77 bits per heavy atom. The Kier molecular flexibility index (Phi) is 4.55. The van der Waals surface area contributed by atoms with Gasteiger partial charge in [0.1, 0.15) is 11.9 Å². The molecule has 9 nitrogen and oxygen atoms in total. The van der Waals surface area contributed by atoms with Gasteiger partial charge in [-0.25, -0.2) is 4.79 Å². The molecule has 1 saturated heterocycles. The maximum atomic E-state index is 12.9. The average molecular weight is 439 g/mol. The summed E-state index contributed by atoms with van der Waals surface area (Å²) in [6.07, 6.45) is -0.573. The van der Waals surface area contributed by atoms with Crippen molar-refractivity contribution >= 4 is 29.5 Å². The molecule has 1 aromatic heterocycles. The number of fused-ring (bicyclic) bond motifs is 3. The van der Waals surface area contributed by atoms with Gasteiger partial charge in [-0.1, -0.05) is 23.7 Å². The second kappa shape index (κ2) is 7.28. The molecular weight excluding hydrogens is 420 g/mol. The number of hydrogen-bond acceptors (Lipinski definition) is 6. The van der Waals surface area contributed by atoms with Crippen LogP contribution in [0.3, 0.4) is 0 Å². The quantitative estimate of drug-likeness (QED) is 0.673. The van der Waals surface area contributed by atoms with Crippen molar-refractivity contribution in [2.45, 2.75) is 18.8 Å². The van der Waals surface area contributed by atoms with Gasteiger partial charge in [0.25, 0.3) is 5.91 Å². The standard InChI is InChI=1S/C21H19ClN6O3/c1-26-19-16(18(29)23-21(26)30)27(11-12-3-7-14(22)8-4-12)20-25-24-17(28(19)20)13-5-9-15(31-2)10-6-13/h3-10,16,19H,11H2,1-2H3,(H,23,29,30). The van der Waals surface area contributed by atoms with E-state index in [1.807, 2.05) is 45.9 Å². The maximum absolute atomic E-state index is 12.9. The van der Waals surface area contributed by atoms with E-state index in [0.29, 0.717) is 23.3 Å². The number of carbonyl (C=O) groups excluding carboxylic acids is 2. The van der Waals surface area contributed by atoms with E-state index in [2.05, 4.69) is 15.5 Å². The summed E-state index contributed by atoms with van der Waals surface area (Å²) in [5.41, 5.74) is 1.76. The SMILES string of the molecule is COc1ccc(-c2nnc3n2C2C(C(=O)NC(=O)N2C)N3Cc2ccc(Cl)cc2)cc1. The monoisotopic (exact) mass is 438 g/mol. The minimum atomic E-state index is -0.638. The highest BCUT2D eigenvalue weighted by Gasteiger charge is 2.52. The number of imide groups is 1. The van der Waals surface area contributed by atoms with Crippen molar-refractivity contribution in [2.75, 3.05) is 19.1 Å². The molecule has 0 spiro atoms. The molecule has 2 atom stereocenters. The van der Waals surface area contributed by atoms with Gasteiger partial charge in [-0.05, 0) is 42.0 Å². The molecule has 3 aromatic rings. The van der Waals surface area contributed by atoms with E-state index in [0.717, 1.165) is 16.9 Å². The smallest absolute Gasteiger partial charge is 0.325 e. The Balaban J connectivity index is 1.61. The number of nitrogens with one attached hydrogen (secondary N) is 1. The van der Waals surface area contributed by atoms with Crippen LogP contribution in [0.2, 0.25) is 5.02 Å². The van der Waals surface area contributed by atoms with E-state index in [1.165, 1.54) is 4.90 Å². The number of nitrogens with zero attached hydrogens (tertiary/aromatic N) is 5. The molecule has 10 heteroatoms. The van der Waals surface area contributed by atoms with Crippen LogP contribution in [0.25, 0.3) is 11.4 Å². The lowest BCUT2D eigenvalue weighted by Crippen LogP contribution is -2.61. The number of halogens is 1. The number of ether oxygens (including phenoxy) is 1. The summed E-state index contributed by atoms with van der Waals surface area (Å²) in [5, 5.41) is 11.8. The molecule has 31 heavy (non-hydrogen) atoms. The van der Waals surface area contributed by atoms with Crippen molar-refractivity contribution in [1.82, 2.24) is 25.0 Å². The molecule has 5 rings (SSSR count). The lowest BCUT2D eigenvalue weighted by Gasteiger charge is -2.37. The summed E-state index contributed by atoms with van der Waals surface area (Å²) >= 11 is 6.01. The molecule has 0 radical (unpaired) electrons. The maximum Gasteiger partial charge on any atom is 0.325 e. The largest absolute Gasteiger partial charge is 0.497 e. The van der Waals surface area contributed by atoms with E-state index in [4.69, 9.17) is 16.3 Å². The molecule has 3 heterocycles. The first-order valence-electron chi connectivity index (χ1n) is 9.66. The van der Waals surface area contributed by atoms with Crippen molar-refractivity contribution < 1.29 is 14.3 Å². The number of carbonyl (C=O) groups is 2. The molecular formula is C21H19ClN6O3. The molecule has 2 aromatic carbocycles. The first kappa shape index (κ1) is 19.4. The van der Waals surface area contributed by atoms with Crippen molar-refractivity contribution in [2.24, 2.45) is 0 Å². The van der Waals surface area contributed by atoms with Gasteiger partial charge in [0, 0.05) is 24.2 Å². The van der Waals surface area contributed by atoms with Crippen LogP contribution in [0, 0.1) is 0 Å². The summed E-state index contributed by atoms with van der Waals surface area (Å²) < 4.78 is 7.08. The molecule has 0 aliphatic carbocycles. The van der Waals surface area contributed by atoms with Gasteiger partial charge in [-0.2, -0.15) is 0 Å². The van der Waals surface area contributed by atoms with Crippen LogP contribution >= 0.6 is 11.6 Å². The molecule has 2 aliphatic rings. The molecule has 2 aliphatic heterocycles. The number of urea groups is 1. The van der Waals surface area contributed by atoms with Crippen LogP contribution in [0.5, 0.6) is 5.75 Å². The predicted octanol–water partition coefficient (Wildman–Crippen LogP) is 2.68. The minimum Gasteiger partial charge on any atom is -0.497 e. The summed E-state index contributed by atoms with van der Waals surface area (Å²) in [6, 6.07) is 13.7. The topological polar surface area (TPSA) is 92.6 Å². The van der Waals surface area contributed by atoms with Gasteiger partial charge in [0.15, 0.2) is 11.9 Å². The van der Waals surface area contributed by atoms with Gasteiger partial charge < -0.3 is 14.5 Å². The first-order valence-corrected chi connectivity index (χ1v) is 10.0. The molecule has 2 unspecified atom stereocenters. The molecule has 158 valence electrons. The van der Waals surface area contributed by atoms with E-state index < -0.39 is 18.2 Å². The van der Waals surface area contributed by atoms with Crippen LogP contribution in [-0.4, -0.2) is 51.8 Å².